The zero-order chi connectivity index (χ0) is 24.5. The average molecular weight is 587 g/mol. The number of benzene rings is 3. The Kier molecular flexibility index (Phi) is 7.00. The Morgan fingerprint density at radius 1 is 1.03 bits per heavy atom. The van der Waals surface area contributed by atoms with E-state index in [2.05, 4.69) is 37.0 Å². The van der Waals surface area contributed by atoms with Crippen molar-refractivity contribution in [3.8, 4) is 5.75 Å². The normalized spacial score (nSPS) is 11.9. The maximum Gasteiger partial charge on any atom is 0.282 e. The first-order chi connectivity index (χ1) is 16.1. The van der Waals surface area contributed by atoms with Crippen LogP contribution in [0.25, 0.3) is 10.9 Å². The van der Waals surface area contributed by atoms with Crippen LogP contribution in [0.15, 0.2) is 79.5 Å². The van der Waals surface area contributed by atoms with Crippen molar-refractivity contribution in [2.75, 3.05) is 0 Å². The van der Waals surface area contributed by atoms with E-state index in [1.807, 2.05) is 51.1 Å². The molecule has 0 bridgehead atoms. The third-order valence-corrected chi connectivity index (χ3v) is 6.06. The van der Waals surface area contributed by atoms with Crippen LogP contribution in [0, 0.1) is 5.82 Å². The summed E-state index contributed by atoms with van der Waals surface area (Å²) in [5.74, 6) is 0.835. The van der Waals surface area contributed by atoms with E-state index < -0.39 is 5.41 Å². The van der Waals surface area contributed by atoms with Crippen LogP contribution in [-0.2, 0) is 12.0 Å². The van der Waals surface area contributed by atoms with Crippen LogP contribution in [-0.4, -0.2) is 15.9 Å². The van der Waals surface area contributed by atoms with Crippen LogP contribution in [0.4, 0.5) is 4.39 Å². The van der Waals surface area contributed by atoms with Gasteiger partial charge in [-0.25, -0.2) is 9.37 Å². The molecule has 5 nitrogen and oxygen atoms in total. The smallest absolute Gasteiger partial charge is 0.282 e. The Balaban J connectivity index is 1.75. The number of aromatic nitrogens is 2. The number of rotatable bonds is 5. The predicted molar refractivity (Wildman–Crippen MR) is 140 cm³/mol. The lowest BCUT2D eigenvalue weighted by atomic mass is 9.95. The molecule has 0 atom stereocenters. The van der Waals surface area contributed by atoms with Gasteiger partial charge in [-0.1, -0.05) is 64.8 Å². The Hall–Kier alpha value is -2.84. The second-order valence-corrected chi connectivity index (χ2v) is 10.6. The molecule has 0 radical (unpaired) electrons. The van der Waals surface area contributed by atoms with Crippen molar-refractivity contribution in [1.82, 2.24) is 9.66 Å². The number of nitrogens with zero attached hydrogens (tertiary/aromatic N) is 3. The van der Waals surface area contributed by atoms with Gasteiger partial charge in [-0.3, -0.25) is 4.79 Å². The fourth-order valence-electron chi connectivity index (χ4n) is 3.35. The molecule has 0 saturated carbocycles. The quantitative estimate of drug-likeness (QED) is 0.241. The fourth-order valence-corrected chi connectivity index (χ4v) is 4.09. The first kappa shape index (κ1) is 24.3. The van der Waals surface area contributed by atoms with Crippen LogP contribution < -0.4 is 10.3 Å². The molecule has 34 heavy (non-hydrogen) atoms. The van der Waals surface area contributed by atoms with Crippen molar-refractivity contribution < 1.29 is 9.13 Å². The van der Waals surface area contributed by atoms with E-state index >= 15 is 0 Å². The van der Waals surface area contributed by atoms with Crippen LogP contribution in [0.5, 0.6) is 5.75 Å². The van der Waals surface area contributed by atoms with Gasteiger partial charge < -0.3 is 4.74 Å². The van der Waals surface area contributed by atoms with Crippen molar-refractivity contribution in [3.63, 3.8) is 0 Å². The van der Waals surface area contributed by atoms with E-state index in [1.54, 1.807) is 24.4 Å². The monoisotopic (exact) mass is 585 g/mol. The molecule has 0 unspecified atom stereocenters. The van der Waals surface area contributed by atoms with E-state index in [4.69, 9.17) is 9.72 Å². The average Bonchev–Trinajstić information content (AvgIpc) is 2.78. The van der Waals surface area contributed by atoms with Gasteiger partial charge in [0.25, 0.3) is 5.56 Å². The lowest BCUT2D eigenvalue weighted by Crippen LogP contribution is -2.29. The van der Waals surface area contributed by atoms with Gasteiger partial charge in [-0.05, 0) is 54.1 Å². The Morgan fingerprint density at radius 3 is 2.41 bits per heavy atom. The molecule has 0 aliphatic rings. The van der Waals surface area contributed by atoms with Crippen molar-refractivity contribution in [2.45, 2.75) is 32.8 Å². The molecule has 0 aliphatic heterocycles. The number of halogens is 3. The second kappa shape index (κ2) is 9.80. The second-order valence-electron chi connectivity index (χ2n) is 8.81. The van der Waals surface area contributed by atoms with Gasteiger partial charge >= 0.3 is 0 Å². The van der Waals surface area contributed by atoms with Crippen LogP contribution in [0.2, 0.25) is 0 Å². The van der Waals surface area contributed by atoms with Gasteiger partial charge in [-0.2, -0.15) is 9.78 Å². The molecule has 0 N–H and O–H groups in total. The molecule has 0 saturated heterocycles. The standard InChI is InChI=1S/C26H22Br2FN3O2/c1-26(2,3)25-31-22-10-6-19(28)13-21(22)24(33)32(25)30-14-17-12-18(27)7-11-23(17)34-15-16-4-8-20(29)9-5-16/h4-14H,15H2,1-3H3. The van der Waals surface area contributed by atoms with Gasteiger partial charge in [0.05, 0.1) is 17.1 Å². The SMILES string of the molecule is CC(C)(C)c1nc2ccc(Br)cc2c(=O)n1N=Cc1cc(Br)ccc1OCc1ccc(F)cc1. The van der Waals surface area contributed by atoms with Gasteiger partial charge in [0.2, 0.25) is 0 Å². The molecule has 4 aromatic rings. The highest BCUT2D eigenvalue weighted by Crippen LogP contribution is 2.25. The first-order valence-electron chi connectivity index (χ1n) is 10.6. The molecule has 3 aromatic carbocycles. The van der Waals surface area contributed by atoms with E-state index in [0.29, 0.717) is 28.0 Å². The Bertz CT molecular complexity index is 1440. The third-order valence-electron chi connectivity index (χ3n) is 5.07. The van der Waals surface area contributed by atoms with Gasteiger partial charge in [0.1, 0.15) is 24.0 Å². The topological polar surface area (TPSA) is 56.5 Å². The van der Waals surface area contributed by atoms with Crippen molar-refractivity contribution in [3.05, 3.63) is 103 Å². The van der Waals surface area contributed by atoms with E-state index in [1.165, 1.54) is 16.8 Å². The molecule has 0 aliphatic carbocycles. The van der Waals surface area contributed by atoms with E-state index in [0.717, 1.165) is 14.5 Å². The zero-order valence-electron chi connectivity index (χ0n) is 18.8. The van der Waals surface area contributed by atoms with E-state index in [-0.39, 0.29) is 18.0 Å². The maximum absolute atomic E-state index is 13.4. The molecule has 8 heteroatoms. The first-order valence-corrected chi connectivity index (χ1v) is 12.1. The Labute approximate surface area is 213 Å². The van der Waals surface area contributed by atoms with Crippen molar-refractivity contribution in [1.29, 1.82) is 0 Å². The molecule has 4 rings (SSSR count). The molecule has 0 fully saturated rings. The fraction of sp³-hybridized carbons (Fsp3) is 0.192. The van der Waals surface area contributed by atoms with E-state index in [9.17, 15) is 9.18 Å². The Morgan fingerprint density at radius 2 is 1.71 bits per heavy atom. The molecular formula is C26H22Br2FN3O2. The molecule has 1 aromatic heterocycles. The summed E-state index contributed by atoms with van der Waals surface area (Å²) >= 11 is 6.91. The summed E-state index contributed by atoms with van der Waals surface area (Å²) in [6.07, 6.45) is 1.59. The van der Waals surface area contributed by atoms with Crippen molar-refractivity contribution >= 4 is 49.0 Å². The summed E-state index contributed by atoms with van der Waals surface area (Å²) in [7, 11) is 0. The summed E-state index contributed by atoms with van der Waals surface area (Å²) in [5.41, 5.74) is 1.46. The highest BCUT2D eigenvalue weighted by Gasteiger charge is 2.23. The summed E-state index contributed by atoms with van der Waals surface area (Å²) in [6.45, 7) is 6.23. The van der Waals surface area contributed by atoms with Gasteiger partial charge in [-0.15, -0.1) is 0 Å². The van der Waals surface area contributed by atoms with Gasteiger partial charge in [0.15, 0.2) is 0 Å². The molecule has 0 amide bonds. The summed E-state index contributed by atoms with van der Waals surface area (Å²) in [5, 5.41) is 5.02. The lowest BCUT2D eigenvalue weighted by Gasteiger charge is -2.21. The zero-order valence-corrected chi connectivity index (χ0v) is 22.0. The minimum Gasteiger partial charge on any atom is -0.488 e. The summed E-state index contributed by atoms with van der Waals surface area (Å²) < 4.78 is 22.1. The highest BCUT2D eigenvalue weighted by molar-refractivity contribution is 9.10. The third kappa shape index (κ3) is 5.45. The molecular weight excluding hydrogens is 565 g/mol. The minimum absolute atomic E-state index is 0.253. The maximum atomic E-state index is 13.4. The number of ether oxygens (including phenoxy) is 1. The number of hydrogen-bond acceptors (Lipinski definition) is 4. The van der Waals surface area contributed by atoms with Crippen LogP contribution >= 0.6 is 31.9 Å². The van der Waals surface area contributed by atoms with Gasteiger partial charge in [0, 0.05) is 19.9 Å². The summed E-state index contributed by atoms with van der Waals surface area (Å²) in [6, 6.07) is 17.1. The van der Waals surface area contributed by atoms with Crippen LogP contribution in [0.3, 0.4) is 0 Å². The number of fused-ring (bicyclic) bond motifs is 1. The minimum atomic E-state index is -0.420. The predicted octanol–water partition coefficient (Wildman–Crippen LogP) is 6.82. The molecule has 174 valence electrons. The molecule has 0 spiro atoms. The summed E-state index contributed by atoms with van der Waals surface area (Å²) in [4.78, 5) is 18.1. The highest BCUT2D eigenvalue weighted by atomic mass is 79.9. The number of hydrogen-bond donors (Lipinski definition) is 0. The lowest BCUT2D eigenvalue weighted by molar-refractivity contribution is 0.305. The molecule has 1 heterocycles. The van der Waals surface area contributed by atoms with Crippen molar-refractivity contribution in [2.24, 2.45) is 5.10 Å². The largest absolute Gasteiger partial charge is 0.488 e. The van der Waals surface area contributed by atoms with Crippen LogP contribution in [0.1, 0.15) is 37.7 Å².